The molecule has 1 amide bonds. The number of guanidine groups is 1. The van der Waals surface area contributed by atoms with Crippen LogP contribution in [0.25, 0.3) is 0 Å². The highest BCUT2D eigenvalue weighted by atomic mass is 16.5. The number of likely N-dealkylation sites (N-methyl/N-ethyl adjacent to an activating group) is 1. The molecule has 0 radical (unpaired) electrons. The van der Waals surface area contributed by atoms with E-state index < -0.39 is 0 Å². The summed E-state index contributed by atoms with van der Waals surface area (Å²) in [4.78, 5) is 18.0. The molecule has 2 N–H and O–H groups in total. The number of carbonyl (C=O) groups is 1. The minimum absolute atomic E-state index is 0.0193. The van der Waals surface area contributed by atoms with Crippen LogP contribution in [0, 0.1) is 17.3 Å². The van der Waals surface area contributed by atoms with E-state index in [0.717, 1.165) is 38.7 Å². The van der Waals surface area contributed by atoms with Crippen molar-refractivity contribution in [2.45, 2.75) is 46.0 Å². The fourth-order valence-electron chi connectivity index (χ4n) is 3.71. The number of nitrogens with zero attached hydrogens (tertiary/aromatic N) is 2. The number of hydrogen-bond acceptors (Lipinski definition) is 3. The van der Waals surface area contributed by atoms with E-state index in [9.17, 15) is 4.79 Å². The first-order chi connectivity index (χ1) is 11.9. The molecule has 2 aliphatic rings. The van der Waals surface area contributed by atoms with Crippen molar-refractivity contribution in [3.05, 3.63) is 0 Å². The van der Waals surface area contributed by atoms with Gasteiger partial charge >= 0.3 is 0 Å². The van der Waals surface area contributed by atoms with E-state index in [0.29, 0.717) is 17.3 Å². The summed E-state index contributed by atoms with van der Waals surface area (Å²) in [6, 6.07) is 0. The third-order valence-electron chi connectivity index (χ3n) is 5.34. The van der Waals surface area contributed by atoms with E-state index in [1.54, 1.807) is 19.0 Å². The molecule has 1 aliphatic heterocycles. The summed E-state index contributed by atoms with van der Waals surface area (Å²) in [6.07, 6.45) is 6.25. The van der Waals surface area contributed by atoms with Gasteiger partial charge in [-0.3, -0.25) is 4.79 Å². The van der Waals surface area contributed by atoms with E-state index in [1.165, 1.54) is 25.7 Å². The molecular formula is C19H36N4O2. The van der Waals surface area contributed by atoms with Crippen molar-refractivity contribution in [2.75, 3.05) is 46.9 Å². The molecule has 2 fully saturated rings. The standard InChI is InChI=1S/C19H36N4O2/c1-15(2)10-19(7-5-8-19)14-22-18(21-12-17(24)23(3)4)20-11-16-6-9-25-13-16/h15-16H,5-14H2,1-4H3,(H2,20,21,22). The van der Waals surface area contributed by atoms with Crippen LogP contribution in [0.15, 0.2) is 4.99 Å². The zero-order valence-corrected chi connectivity index (χ0v) is 16.4. The molecule has 1 atom stereocenters. The first kappa shape index (κ1) is 20.0. The maximum atomic E-state index is 11.9. The molecule has 0 bridgehead atoms. The lowest BCUT2D eigenvalue weighted by Crippen LogP contribution is -2.48. The second-order valence-corrected chi connectivity index (χ2v) is 8.37. The predicted molar refractivity (Wildman–Crippen MR) is 102 cm³/mol. The number of carbonyl (C=O) groups excluding carboxylic acids is 1. The van der Waals surface area contributed by atoms with Crippen LogP contribution >= 0.6 is 0 Å². The van der Waals surface area contributed by atoms with Gasteiger partial charge in [0.2, 0.25) is 5.91 Å². The Morgan fingerprint density at radius 1 is 1.32 bits per heavy atom. The monoisotopic (exact) mass is 352 g/mol. The van der Waals surface area contributed by atoms with Gasteiger partial charge in [-0.1, -0.05) is 20.3 Å². The SMILES string of the molecule is CC(C)CC1(CNC(=NCC(=O)N(C)C)NCC2CCOC2)CCC1. The first-order valence-corrected chi connectivity index (χ1v) is 9.70. The summed E-state index contributed by atoms with van der Waals surface area (Å²) in [6.45, 7) is 8.22. The van der Waals surface area contributed by atoms with Gasteiger partial charge in [-0.2, -0.15) is 0 Å². The number of hydrogen-bond donors (Lipinski definition) is 2. The number of ether oxygens (including phenoxy) is 1. The Morgan fingerprint density at radius 2 is 2.08 bits per heavy atom. The average Bonchev–Trinajstić information content (AvgIpc) is 3.03. The summed E-state index contributed by atoms with van der Waals surface area (Å²) in [5, 5.41) is 6.93. The Kier molecular flexibility index (Phi) is 7.54. The molecule has 0 aromatic heterocycles. The van der Waals surface area contributed by atoms with Crippen LogP contribution in [0.3, 0.4) is 0 Å². The van der Waals surface area contributed by atoms with E-state index >= 15 is 0 Å². The van der Waals surface area contributed by atoms with Gasteiger partial charge in [-0.15, -0.1) is 0 Å². The maximum Gasteiger partial charge on any atom is 0.243 e. The van der Waals surface area contributed by atoms with Crippen molar-refractivity contribution in [1.29, 1.82) is 0 Å². The summed E-state index contributed by atoms with van der Waals surface area (Å²) in [5.41, 5.74) is 0.401. The third-order valence-corrected chi connectivity index (χ3v) is 5.34. The van der Waals surface area contributed by atoms with Gasteiger partial charge in [0.05, 0.1) is 6.61 Å². The van der Waals surface area contributed by atoms with Crippen LogP contribution < -0.4 is 10.6 Å². The molecule has 0 aromatic carbocycles. The molecule has 1 heterocycles. The summed E-state index contributed by atoms with van der Waals surface area (Å²) in [5.74, 6) is 2.02. The van der Waals surface area contributed by atoms with Crippen LogP contribution in [0.5, 0.6) is 0 Å². The van der Waals surface area contributed by atoms with Crippen LogP contribution in [0.2, 0.25) is 0 Å². The van der Waals surface area contributed by atoms with Gasteiger partial charge in [-0.05, 0) is 37.0 Å². The quantitative estimate of drug-likeness (QED) is 0.517. The zero-order chi connectivity index (χ0) is 18.3. The largest absolute Gasteiger partial charge is 0.381 e. The highest BCUT2D eigenvalue weighted by molar-refractivity contribution is 5.84. The Morgan fingerprint density at radius 3 is 2.60 bits per heavy atom. The number of amides is 1. The van der Waals surface area contributed by atoms with E-state index in [-0.39, 0.29) is 12.5 Å². The average molecular weight is 353 g/mol. The molecular weight excluding hydrogens is 316 g/mol. The van der Waals surface area contributed by atoms with Crippen molar-refractivity contribution in [2.24, 2.45) is 22.2 Å². The lowest BCUT2D eigenvalue weighted by Gasteiger charge is -2.43. The topological polar surface area (TPSA) is 66.0 Å². The van der Waals surface area contributed by atoms with Crippen LogP contribution in [0.4, 0.5) is 0 Å². The van der Waals surface area contributed by atoms with Crippen LogP contribution in [0.1, 0.15) is 46.0 Å². The van der Waals surface area contributed by atoms with Crippen LogP contribution in [-0.2, 0) is 9.53 Å². The summed E-state index contributed by atoms with van der Waals surface area (Å²) < 4.78 is 5.44. The molecule has 1 unspecified atom stereocenters. The molecule has 1 saturated carbocycles. The van der Waals surface area contributed by atoms with Crippen molar-refractivity contribution in [1.82, 2.24) is 15.5 Å². The van der Waals surface area contributed by atoms with Gasteiger partial charge in [0, 0.05) is 39.7 Å². The Bertz CT molecular complexity index is 452. The first-order valence-electron chi connectivity index (χ1n) is 9.70. The van der Waals surface area contributed by atoms with Gasteiger partial charge in [0.15, 0.2) is 5.96 Å². The van der Waals surface area contributed by atoms with E-state index in [4.69, 9.17) is 4.74 Å². The second kappa shape index (κ2) is 9.41. The highest BCUT2D eigenvalue weighted by Gasteiger charge is 2.37. The lowest BCUT2D eigenvalue weighted by molar-refractivity contribution is -0.127. The molecule has 6 heteroatoms. The maximum absolute atomic E-state index is 11.9. The molecule has 6 nitrogen and oxygen atoms in total. The second-order valence-electron chi connectivity index (χ2n) is 8.37. The number of nitrogens with one attached hydrogen (secondary N) is 2. The minimum atomic E-state index is 0.0193. The fourth-order valence-corrected chi connectivity index (χ4v) is 3.71. The van der Waals surface area contributed by atoms with E-state index in [2.05, 4.69) is 29.5 Å². The molecule has 0 spiro atoms. The Balaban J connectivity index is 1.90. The minimum Gasteiger partial charge on any atom is -0.381 e. The normalized spacial score (nSPS) is 22.6. The number of aliphatic imine (C=N–C) groups is 1. The highest BCUT2D eigenvalue weighted by Crippen LogP contribution is 2.45. The van der Waals surface area contributed by atoms with Gasteiger partial charge in [-0.25, -0.2) is 4.99 Å². The fraction of sp³-hybridized carbons (Fsp3) is 0.895. The lowest BCUT2D eigenvalue weighted by atomic mass is 9.64. The zero-order valence-electron chi connectivity index (χ0n) is 16.4. The molecule has 144 valence electrons. The molecule has 25 heavy (non-hydrogen) atoms. The van der Waals surface area contributed by atoms with E-state index in [1.807, 2.05) is 0 Å². The number of rotatable bonds is 8. The third kappa shape index (κ3) is 6.49. The van der Waals surface area contributed by atoms with Crippen molar-refractivity contribution >= 4 is 11.9 Å². The molecule has 1 saturated heterocycles. The van der Waals surface area contributed by atoms with Gasteiger partial charge < -0.3 is 20.3 Å². The Labute approximate surface area is 152 Å². The summed E-state index contributed by atoms with van der Waals surface area (Å²) >= 11 is 0. The van der Waals surface area contributed by atoms with Gasteiger partial charge in [0.1, 0.15) is 6.54 Å². The predicted octanol–water partition coefficient (Wildman–Crippen LogP) is 1.86. The summed E-state index contributed by atoms with van der Waals surface area (Å²) in [7, 11) is 3.53. The van der Waals surface area contributed by atoms with Crippen molar-refractivity contribution in [3.8, 4) is 0 Å². The Hall–Kier alpha value is -1.30. The van der Waals surface area contributed by atoms with Crippen molar-refractivity contribution in [3.63, 3.8) is 0 Å². The molecule has 0 aromatic rings. The van der Waals surface area contributed by atoms with Crippen LogP contribution in [-0.4, -0.2) is 63.7 Å². The van der Waals surface area contributed by atoms with Gasteiger partial charge in [0.25, 0.3) is 0 Å². The molecule has 1 aliphatic carbocycles. The molecule has 2 rings (SSSR count). The smallest absolute Gasteiger partial charge is 0.243 e. The van der Waals surface area contributed by atoms with Crippen molar-refractivity contribution < 1.29 is 9.53 Å².